The van der Waals surface area contributed by atoms with Crippen molar-refractivity contribution in [1.29, 1.82) is 0 Å². The van der Waals surface area contributed by atoms with Gasteiger partial charge in [-0.05, 0) is 50.7 Å². The molecule has 0 saturated carbocycles. The van der Waals surface area contributed by atoms with Gasteiger partial charge in [-0.25, -0.2) is 4.39 Å². The second-order valence-electron chi connectivity index (χ2n) is 5.18. The predicted molar refractivity (Wildman–Crippen MR) is 84.2 cm³/mol. The van der Waals surface area contributed by atoms with Crippen molar-refractivity contribution in [2.75, 3.05) is 20.1 Å². The van der Waals surface area contributed by atoms with Crippen molar-refractivity contribution in [3.63, 3.8) is 0 Å². The van der Waals surface area contributed by atoms with Crippen LogP contribution < -0.4 is 10.6 Å². The third kappa shape index (κ3) is 5.78. The molecule has 0 unspecified atom stereocenters. The predicted octanol–water partition coefficient (Wildman–Crippen LogP) is 1.92. The van der Waals surface area contributed by atoms with E-state index in [0.29, 0.717) is 43.1 Å². The molecule has 23 heavy (non-hydrogen) atoms. The molecule has 0 aliphatic rings. The summed E-state index contributed by atoms with van der Waals surface area (Å²) < 4.78 is 18.0. The Bertz CT molecular complexity index is 613. The molecule has 6 nitrogen and oxygen atoms in total. The highest BCUT2D eigenvalue weighted by molar-refractivity contribution is 5.75. The summed E-state index contributed by atoms with van der Waals surface area (Å²) in [6, 6.07) is 5.90. The van der Waals surface area contributed by atoms with E-state index in [1.54, 1.807) is 12.1 Å². The topological polar surface area (TPSA) is 80.0 Å². The number of benzene rings is 1. The van der Waals surface area contributed by atoms with E-state index in [0.717, 1.165) is 13.0 Å². The Morgan fingerprint density at radius 2 is 2.00 bits per heavy atom. The molecule has 1 heterocycles. The monoisotopic (exact) mass is 320 g/mol. The summed E-state index contributed by atoms with van der Waals surface area (Å²) in [5.74, 6) is 0.626. The number of hydrogen-bond acceptors (Lipinski definition) is 5. The lowest BCUT2D eigenvalue weighted by atomic mass is 10.2. The summed E-state index contributed by atoms with van der Waals surface area (Å²) >= 11 is 0. The molecule has 2 rings (SSSR count). The highest BCUT2D eigenvalue weighted by atomic mass is 19.1. The van der Waals surface area contributed by atoms with Crippen molar-refractivity contribution in [2.45, 2.75) is 25.7 Å². The normalized spacial score (nSPS) is 10.7. The second kappa shape index (κ2) is 8.99. The molecule has 0 bridgehead atoms. The van der Waals surface area contributed by atoms with E-state index < -0.39 is 0 Å². The highest BCUT2D eigenvalue weighted by Crippen LogP contribution is 2.16. The number of carbonyl (C=O) groups is 1. The molecule has 0 aliphatic heterocycles. The molecule has 0 aliphatic carbocycles. The van der Waals surface area contributed by atoms with E-state index in [-0.39, 0.29) is 11.7 Å². The fourth-order valence-electron chi connectivity index (χ4n) is 2.05. The average molecular weight is 320 g/mol. The van der Waals surface area contributed by atoms with Crippen LogP contribution in [0.15, 0.2) is 28.8 Å². The zero-order valence-electron chi connectivity index (χ0n) is 13.1. The molecule has 124 valence electrons. The Labute approximate surface area is 134 Å². The van der Waals surface area contributed by atoms with Gasteiger partial charge in [0, 0.05) is 24.9 Å². The first-order chi connectivity index (χ1) is 11.2. The molecule has 0 spiro atoms. The van der Waals surface area contributed by atoms with E-state index in [4.69, 9.17) is 4.52 Å². The lowest BCUT2D eigenvalue weighted by Crippen LogP contribution is -2.26. The Morgan fingerprint density at radius 3 is 2.74 bits per heavy atom. The molecule has 0 fully saturated rings. The number of nitrogens with one attached hydrogen (secondary N) is 2. The van der Waals surface area contributed by atoms with Crippen molar-refractivity contribution in [1.82, 2.24) is 20.8 Å². The smallest absolute Gasteiger partial charge is 0.226 e. The zero-order chi connectivity index (χ0) is 16.5. The summed E-state index contributed by atoms with van der Waals surface area (Å²) in [6.45, 7) is 1.56. The van der Waals surface area contributed by atoms with Crippen LogP contribution in [-0.2, 0) is 11.2 Å². The third-order valence-corrected chi connectivity index (χ3v) is 3.29. The molecular weight excluding hydrogens is 299 g/mol. The van der Waals surface area contributed by atoms with Gasteiger partial charge >= 0.3 is 0 Å². The molecule has 0 atom stereocenters. The van der Waals surface area contributed by atoms with Crippen LogP contribution in [0.25, 0.3) is 11.4 Å². The maximum Gasteiger partial charge on any atom is 0.226 e. The first kappa shape index (κ1) is 17.1. The van der Waals surface area contributed by atoms with Gasteiger partial charge in [-0.15, -0.1) is 0 Å². The number of aryl methyl sites for hydroxylation is 1. The van der Waals surface area contributed by atoms with E-state index in [1.165, 1.54) is 12.1 Å². The van der Waals surface area contributed by atoms with Gasteiger partial charge in [0.1, 0.15) is 5.82 Å². The first-order valence-corrected chi connectivity index (χ1v) is 7.69. The minimum Gasteiger partial charge on any atom is -0.356 e. The summed E-state index contributed by atoms with van der Waals surface area (Å²) in [5.41, 5.74) is 0.698. The molecule has 2 aromatic rings. The maximum atomic E-state index is 12.9. The minimum atomic E-state index is -0.307. The van der Waals surface area contributed by atoms with E-state index in [9.17, 15) is 9.18 Å². The van der Waals surface area contributed by atoms with Crippen LogP contribution in [0.3, 0.4) is 0 Å². The van der Waals surface area contributed by atoms with Crippen molar-refractivity contribution in [3.05, 3.63) is 36.0 Å². The molecule has 2 N–H and O–H groups in total. The van der Waals surface area contributed by atoms with Crippen molar-refractivity contribution >= 4 is 5.91 Å². The molecule has 1 aromatic carbocycles. The number of hydrogen-bond donors (Lipinski definition) is 2. The Morgan fingerprint density at radius 1 is 1.22 bits per heavy atom. The third-order valence-electron chi connectivity index (χ3n) is 3.29. The largest absolute Gasteiger partial charge is 0.356 e. The second-order valence-corrected chi connectivity index (χ2v) is 5.18. The van der Waals surface area contributed by atoms with Crippen LogP contribution in [0, 0.1) is 5.82 Å². The standard InChI is InChI=1S/C16H21FN4O2/c1-18-10-3-11-19-14(22)4-2-5-15-20-16(21-23-15)12-6-8-13(17)9-7-12/h6-9,18H,2-5,10-11H2,1H3,(H,19,22). The first-order valence-electron chi connectivity index (χ1n) is 7.69. The summed E-state index contributed by atoms with van der Waals surface area (Å²) in [7, 11) is 1.88. The van der Waals surface area contributed by atoms with Gasteiger partial charge in [0.05, 0.1) is 0 Å². The molecule has 7 heteroatoms. The molecule has 1 amide bonds. The van der Waals surface area contributed by atoms with E-state index in [2.05, 4.69) is 20.8 Å². The molecule has 1 aromatic heterocycles. The van der Waals surface area contributed by atoms with Gasteiger partial charge in [-0.1, -0.05) is 5.16 Å². The maximum absolute atomic E-state index is 12.9. The zero-order valence-corrected chi connectivity index (χ0v) is 13.1. The number of halogens is 1. The highest BCUT2D eigenvalue weighted by Gasteiger charge is 2.09. The number of amides is 1. The van der Waals surface area contributed by atoms with Gasteiger partial charge in [-0.3, -0.25) is 4.79 Å². The Balaban J connectivity index is 1.72. The van der Waals surface area contributed by atoms with Crippen molar-refractivity contribution in [3.8, 4) is 11.4 Å². The minimum absolute atomic E-state index is 0.0272. The average Bonchev–Trinajstić information content (AvgIpc) is 3.01. The molecule has 0 saturated heterocycles. The van der Waals surface area contributed by atoms with Crippen LogP contribution in [-0.4, -0.2) is 36.2 Å². The summed E-state index contributed by atoms with van der Waals surface area (Å²) in [6.07, 6.45) is 2.52. The Kier molecular flexibility index (Phi) is 6.68. The van der Waals surface area contributed by atoms with Gasteiger partial charge in [0.25, 0.3) is 0 Å². The van der Waals surface area contributed by atoms with Gasteiger partial charge in [0.15, 0.2) is 0 Å². The van der Waals surface area contributed by atoms with Crippen LogP contribution in [0.1, 0.15) is 25.2 Å². The fraction of sp³-hybridized carbons (Fsp3) is 0.438. The van der Waals surface area contributed by atoms with Crippen molar-refractivity contribution in [2.24, 2.45) is 0 Å². The van der Waals surface area contributed by atoms with E-state index in [1.807, 2.05) is 7.05 Å². The SMILES string of the molecule is CNCCCNC(=O)CCCc1nc(-c2ccc(F)cc2)no1. The number of carbonyl (C=O) groups excluding carboxylic acids is 1. The van der Waals surface area contributed by atoms with Gasteiger partial charge < -0.3 is 15.2 Å². The number of nitrogens with zero attached hydrogens (tertiary/aromatic N) is 2. The van der Waals surface area contributed by atoms with Crippen LogP contribution in [0.2, 0.25) is 0 Å². The quantitative estimate of drug-likeness (QED) is 0.690. The Hall–Kier alpha value is -2.28. The van der Waals surface area contributed by atoms with Crippen LogP contribution in [0.4, 0.5) is 4.39 Å². The number of rotatable bonds is 9. The lowest BCUT2D eigenvalue weighted by Gasteiger charge is -2.03. The van der Waals surface area contributed by atoms with Crippen LogP contribution in [0.5, 0.6) is 0 Å². The molecule has 0 radical (unpaired) electrons. The number of aromatic nitrogens is 2. The molecular formula is C16H21FN4O2. The van der Waals surface area contributed by atoms with Gasteiger partial charge in [-0.2, -0.15) is 4.98 Å². The lowest BCUT2D eigenvalue weighted by molar-refractivity contribution is -0.121. The van der Waals surface area contributed by atoms with Crippen LogP contribution >= 0.6 is 0 Å². The van der Waals surface area contributed by atoms with Crippen molar-refractivity contribution < 1.29 is 13.7 Å². The van der Waals surface area contributed by atoms with Gasteiger partial charge in [0.2, 0.25) is 17.6 Å². The van der Waals surface area contributed by atoms with E-state index >= 15 is 0 Å². The summed E-state index contributed by atoms with van der Waals surface area (Å²) in [4.78, 5) is 15.9. The summed E-state index contributed by atoms with van der Waals surface area (Å²) in [5, 5.41) is 9.75. The fourth-order valence-corrected chi connectivity index (χ4v) is 2.05.